The fourth-order valence-electron chi connectivity index (χ4n) is 0.932. The number of hydrogen-bond donors (Lipinski definition) is 2. The molecule has 17 heavy (non-hydrogen) atoms. The number of carbonyl (C=O) groups is 1. The van der Waals surface area contributed by atoms with Gasteiger partial charge in [-0.25, -0.2) is 0 Å². The van der Waals surface area contributed by atoms with Gasteiger partial charge in [0.2, 0.25) is 23.6 Å². The van der Waals surface area contributed by atoms with Gasteiger partial charge in [-0.1, -0.05) is 0 Å². The van der Waals surface area contributed by atoms with Crippen molar-refractivity contribution >= 4 is 11.9 Å². The summed E-state index contributed by atoms with van der Waals surface area (Å²) in [4.78, 5) is 19.5. The maximum atomic E-state index is 11.6. The molecule has 1 rings (SSSR count). The molecular formula is C10H16N4O3. The number of anilines is 1. The third kappa shape index (κ3) is 3.56. The summed E-state index contributed by atoms with van der Waals surface area (Å²) in [7, 11) is 2.92. The summed E-state index contributed by atoms with van der Waals surface area (Å²) in [5.74, 6) is 0.279. The van der Waals surface area contributed by atoms with Gasteiger partial charge in [0.05, 0.1) is 25.8 Å². The molecule has 3 N–H and O–H groups in total. The highest BCUT2D eigenvalue weighted by atomic mass is 16.5. The number of methoxy groups -OCH3 is 2. The summed E-state index contributed by atoms with van der Waals surface area (Å²) in [6.45, 7) is 3.17. The zero-order valence-corrected chi connectivity index (χ0v) is 10.3. The van der Waals surface area contributed by atoms with Crippen LogP contribution in [0.5, 0.6) is 11.8 Å². The van der Waals surface area contributed by atoms with Crippen LogP contribution in [0.2, 0.25) is 0 Å². The summed E-state index contributed by atoms with van der Waals surface area (Å²) in [5.41, 5.74) is 4.62. The van der Waals surface area contributed by atoms with E-state index in [0.717, 1.165) is 0 Å². The Hall–Kier alpha value is -1.89. The first-order valence-electron chi connectivity index (χ1n) is 4.94. The van der Waals surface area contributed by atoms with Crippen LogP contribution >= 0.6 is 0 Å². The van der Waals surface area contributed by atoms with E-state index in [9.17, 15) is 4.79 Å². The molecule has 0 unspecified atom stereocenters. The van der Waals surface area contributed by atoms with E-state index in [1.54, 1.807) is 13.8 Å². The predicted molar refractivity (Wildman–Crippen MR) is 62.0 cm³/mol. The molecule has 0 aliphatic rings. The molecule has 0 bridgehead atoms. The summed E-state index contributed by atoms with van der Waals surface area (Å²) in [6, 6.07) is 1.50. The number of aromatic nitrogens is 2. The minimum absolute atomic E-state index is 0.0877. The molecule has 1 amide bonds. The van der Waals surface area contributed by atoms with Crippen LogP contribution in [0.25, 0.3) is 0 Å². The molecule has 1 heterocycles. The van der Waals surface area contributed by atoms with Crippen molar-refractivity contribution in [3.05, 3.63) is 6.07 Å². The lowest BCUT2D eigenvalue weighted by Crippen LogP contribution is -2.45. The Bertz CT molecular complexity index is 392. The number of carbonyl (C=O) groups excluding carboxylic acids is 1. The Kier molecular flexibility index (Phi) is 3.84. The van der Waals surface area contributed by atoms with Crippen LogP contribution in [-0.2, 0) is 4.79 Å². The van der Waals surface area contributed by atoms with E-state index in [1.807, 2.05) is 0 Å². The molecule has 7 heteroatoms. The molecule has 0 fully saturated rings. The predicted octanol–water partition coefficient (Wildman–Crippen LogP) is 0.170. The molecule has 0 aliphatic heterocycles. The van der Waals surface area contributed by atoms with E-state index in [2.05, 4.69) is 15.3 Å². The van der Waals surface area contributed by atoms with Gasteiger partial charge in [0.25, 0.3) is 0 Å². The molecule has 0 saturated heterocycles. The minimum atomic E-state index is -1.01. The lowest BCUT2D eigenvalue weighted by atomic mass is 10.1. The van der Waals surface area contributed by atoms with Crippen LogP contribution < -0.4 is 20.5 Å². The van der Waals surface area contributed by atoms with E-state index >= 15 is 0 Å². The zero-order chi connectivity index (χ0) is 13.1. The van der Waals surface area contributed by atoms with Gasteiger partial charge < -0.3 is 15.2 Å². The molecular weight excluding hydrogens is 224 g/mol. The van der Waals surface area contributed by atoms with Crippen molar-refractivity contribution in [3.63, 3.8) is 0 Å². The average Bonchev–Trinajstić information content (AvgIpc) is 2.27. The summed E-state index contributed by atoms with van der Waals surface area (Å²) in [6.07, 6.45) is 0. The molecule has 0 atom stereocenters. The molecule has 1 aromatic heterocycles. The van der Waals surface area contributed by atoms with Crippen molar-refractivity contribution in [2.45, 2.75) is 19.4 Å². The monoisotopic (exact) mass is 240 g/mol. The SMILES string of the molecule is COc1cc(OC)nc(NC(=O)C(C)(C)N)n1. The number of hydrogen-bond acceptors (Lipinski definition) is 6. The number of ether oxygens (including phenoxy) is 2. The summed E-state index contributed by atoms with van der Waals surface area (Å²) in [5, 5.41) is 2.49. The number of amides is 1. The fourth-order valence-corrected chi connectivity index (χ4v) is 0.932. The van der Waals surface area contributed by atoms with E-state index in [1.165, 1.54) is 20.3 Å². The average molecular weight is 240 g/mol. The second kappa shape index (κ2) is 4.96. The second-order valence-electron chi connectivity index (χ2n) is 3.95. The Morgan fingerprint density at radius 3 is 2.12 bits per heavy atom. The maximum Gasteiger partial charge on any atom is 0.246 e. The highest BCUT2D eigenvalue weighted by Crippen LogP contribution is 2.17. The van der Waals surface area contributed by atoms with Crippen LogP contribution in [0.15, 0.2) is 6.07 Å². The lowest BCUT2D eigenvalue weighted by Gasteiger charge is -2.17. The number of nitrogens with two attached hydrogens (primary N) is 1. The first kappa shape index (κ1) is 13.2. The van der Waals surface area contributed by atoms with Crippen LogP contribution in [0.4, 0.5) is 5.95 Å². The second-order valence-corrected chi connectivity index (χ2v) is 3.95. The third-order valence-corrected chi connectivity index (χ3v) is 1.91. The van der Waals surface area contributed by atoms with Gasteiger partial charge in [-0.2, -0.15) is 9.97 Å². The third-order valence-electron chi connectivity index (χ3n) is 1.91. The van der Waals surface area contributed by atoms with E-state index < -0.39 is 11.4 Å². The molecule has 0 radical (unpaired) electrons. The Morgan fingerprint density at radius 1 is 1.29 bits per heavy atom. The number of nitrogens with one attached hydrogen (secondary N) is 1. The maximum absolute atomic E-state index is 11.6. The molecule has 0 aromatic carbocycles. The largest absolute Gasteiger partial charge is 0.481 e. The van der Waals surface area contributed by atoms with Gasteiger partial charge in [-0.05, 0) is 13.8 Å². The van der Waals surface area contributed by atoms with Crippen molar-refractivity contribution in [3.8, 4) is 11.8 Å². The van der Waals surface area contributed by atoms with Gasteiger partial charge in [0, 0.05) is 0 Å². The molecule has 0 saturated carbocycles. The highest BCUT2D eigenvalue weighted by molar-refractivity contribution is 5.96. The van der Waals surface area contributed by atoms with E-state index in [0.29, 0.717) is 11.8 Å². The smallest absolute Gasteiger partial charge is 0.246 e. The topological polar surface area (TPSA) is 99.4 Å². The standard InChI is InChI=1S/C10H16N4O3/c1-10(2,11)8(15)14-9-12-6(16-3)5-7(13-9)17-4/h5H,11H2,1-4H3,(H,12,13,14,15). The number of nitrogens with zero attached hydrogens (tertiary/aromatic N) is 2. The van der Waals surface area contributed by atoms with Gasteiger partial charge in [0.15, 0.2) is 0 Å². The minimum Gasteiger partial charge on any atom is -0.481 e. The molecule has 1 aromatic rings. The van der Waals surface area contributed by atoms with E-state index in [4.69, 9.17) is 15.2 Å². The van der Waals surface area contributed by atoms with Gasteiger partial charge >= 0.3 is 0 Å². The zero-order valence-electron chi connectivity index (χ0n) is 10.3. The quantitative estimate of drug-likeness (QED) is 0.778. The molecule has 0 spiro atoms. The Labute approximate surface area is 99.3 Å². The molecule has 7 nitrogen and oxygen atoms in total. The van der Waals surface area contributed by atoms with Crippen LogP contribution in [-0.4, -0.2) is 35.6 Å². The van der Waals surface area contributed by atoms with Crippen molar-refractivity contribution in [1.29, 1.82) is 0 Å². The van der Waals surface area contributed by atoms with E-state index in [-0.39, 0.29) is 5.95 Å². The van der Waals surface area contributed by atoms with Crippen LogP contribution in [0, 0.1) is 0 Å². The van der Waals surface area contributed by atoms with Gasteiger partial charge in [-0.3, -0.25) is 10.1 Å². The van der Waals surface area contributed by atoms with Gasteiger partial charge in [-0.15, -0.1) is 0 Å². The van der Waals surface area contributed by atoms with Crippen molar-refractivity contribution in [1.82, 2.24) is 9.97 Å². The summed E-state index contributed by atoms with van der Waals surface area (Å²) >= 11 is 0. The summed E-state index contributed by atoms with van der Waals surface area (Å²) < 4.78 is 9.90. The van der Waals surface area contributed by atoms with Crippen molar-refractivity contribution < 1.29 is 14.3 Å². The normalized spacial score (nSPS) is 10.9. The fraction of sp³-hybridized carbons (Fsp3) is 0.500. The van der Waals surface area contributed by atoms with Crippen LogP contribution in [0.3, 0.4) is 0 Å². The highest BCUT2D eigenvalue weighted by Gasteiger charge is 2.23. The Morgan fingerprint density at radius 2 is 1.76 bits per heavy atom. The van der Waals surface area contributed by atoms with Crippen molar-refractivity contribution in [2.75, 3.05) is 19.5 Å². The molecule has 94 valence electrons. The van der Waals surface area contributed by atoms with Crippen LogP contribution in [0.1, 0.15) is 13.8 Å². The number of rotatable bonds is 4. The molecule has 0 aliphatic carbocycles. The first-order valence-corrected chi connectivity index (χ1v) is 4.94. The van der Waals surface area contributed by atoms with Gasteiger partial charge in [0.1, 0.15) is 0 Å². The Balaban J connectivity index is 2.94. The lowest BCUT2D eigenvalue weighted by molar-refractivity contribution is -0.120. The van der Waals surface area contributed by atoms with Crippen molar-refractivity contribution in [2.24, 2.45) is 5.73 Å². The first-order chi connectivity index (χ1) is 7.86.